The molecule has 1 heterocycles. The van der Waals surface area contributed by atoms with Crippen LogP contribution in [0.1, 0.15) is 11.1 Å². The van der Waals surface area contributed by atoms with Gasteiger partial charge in [-0.05, 0) is 11.6 Å². The van der Waals surface area contributed by atoms with Gasteiger partial charge in [-0.2, -0.15) is 5.26 Å². The van der Waals surface area contributed by atoms with Crippen molar-refractivity contribution in [2.24, 2.45) is 0 Å². The van der Waals surface area contributed by atoms with Crippen LogP contribution >= 0.6 is 0 Å². The van der Waals surface area contributed by atoms with E-state index in [1.165, 1.54) is 9.80 Å². The highest BCUT2D eigenvalue weighted by atomic mass is 16.2. The Morgan fingerprint density at radius 3 is 2.67 bits per heavy atom. The minimum absolute atomic E-state index is 0.308. The summed E-state index contributed by atoms with van der Waals surface area (Å²) in [4.78, 5) is 26.2. The fourth-order valence-electron chi connectivity index (χ4n) is 1.90. The van der Waals surface area contributed by atoms with Gasteiger partial charge in [0.05, 0.1) is 11.6 Å². The number of hydrogen-bond acceptors (Lipinski definition) is 3. The number of benzene rings is 1. The molecule has 0 unspecified atom stereocenters. The average Bonchev–Trinajstić information content (AvgIpc) is 2.40. The number of nitrogens with zero attached hydrogens (tertiary/aromatic N) is 3. The van der Waals surface area contributed by atoms with Crippen molar-refractivity contribution in [3.8, 4) is 6.07 Å². The zero-order valence-corrected chi connectivity index (χ0v) is 10.1. The molecule has 1 fully saturated rings. The van der Waals surface area contributed by atoms with Crippen LogP contribution in [0.5, 0.6) is 0 Å². The Bertz CT molecular complexity index is 533. The molecule has 5 nitrogen and oxygen atoms in total. The Morgan fingerprint density at radius 2 is 1.94 bits per heavy atom. The Kier molecular flexibility index (Phi) is 3.28. The molecule has 1 saturated heterocycles. The predicted molar refractivity (Wildman–Crippen MR) is 64.2 cm³/mol. The van der Waals surface area contributed by atoms with Crippen molar-refractivity contribution in [2.75, 3.05) is 20.1 Å². The second kappa shape index (κ2) is 4.88. The van der Waals surface area contributed by atoms with E-state index in [1.54, 1.807) is 25.2 Å². The zero-order valence-electron chi connectivity index (χ0n) is 10.1. The quantitative estimate of drug-likeness (QED) is 0.704. The maximum Gasteiger partial charge on any atom is 0.312 e. The van der Waals surface area contributed by atoms with Crippen molar-refractivity contribution in [1.29, 1.82) is 5.26 Å². The van der Waals surface area contributed by atoms with E-state index in [-0.39, 0.29) is 0 Å². The molecule has 1 aliphatic heterocycles. The molecule has 92 valence electrons. The molecular weight excluding hydrogens is 230 g/mol. The van der Waals surface area contributed by atoms with Crippen molar-refractivity contribution in [3.05, 3.63) is 35.4 Å². The van der Waals surface area contributed by atoms with Crippen molar-refractivity contribution < 1.29 is 9.59 Å². The van der Waals surface area contributed by atoms with Gasteiger partial charge in [-0.1, -0.05) is 18.2 Å². The van der Waals surface area contributed by atoms with Crippen molar-refractivity contribution in [3.63, 3.8) is 0 Å². The highest BCUT2D eigenvalue weighted by Crippen LogP contribution is 2.13. The van der Waals surface area contributed by atoms with Crippen molar-refractivity contribution >= 4 is 11.8 Å². The molecule has 0 N–H and O–H groups in total. The van der Waals surface area contributed by atoms with Crippen LogP contribution in [0.4, 0.5) is 0 Å². The summed E-state index contributed by atoms with van der Waals surface area (Å²) >= 11 is 0. The number of hydrogen-bond donors (Lipinski definition) is 0. The second-order valence-corrected chi connectivity index (χ2v) is 4.22. The molecule has 0 bridgehead atoms. The molecule has 0 aliphatic carbocycles. The first-order chi connectivity index (χ1) is 8.63. The van der Waals surface area contributed by atoms with Gasteiger partial charge < -0.3 is 9.80 Å². The third-order valence-corrected chi connectivity index (χ3v) is 3.02. The largest absolute Gasteiger partial charge is 0.336 e. The topological polar surface area (TPSA) is 64.4 Å². The Balaban J connectivity index is 2.17. The first-order valence-corrected chi connectivity index (χ1v) is 5.66. The van der Waals surface area contributed by atoms with Crippen molar-refractivity contribution in [2.45, 2.75) is 6.54 Å². The van der Waals surface area contributed by atoms with E-state index in [0.29, 0.717) is 25.2 Å². The fraction of sp³-hybridized carbons (Fsp3) is 0.308. The molecule has 5 heteroatoms. The van der Waals surface area contributed by atoms with Crippen LogP contribution in [0.15, 0.2) is 24.3 Å². The molecule has 1 aromatic carbocycles. The van der Waals surface area contributed by atoms with Crippen LogP contribution in [0.2, 0.25) is 0 Å². The molecule has 1 aliphatic rings. The number of carbonyl (C=O) groups is 2. The van der Waals surface area contributed by atoms with E-state index >= 15 is 0 Å². The zero-order chi connectivity index (χ0) is 13.1. The summed E-state index contributed by atoms with van der Waals surface area (Å²) < 4.78 is 0. The van der Waals surface area contributed by atoms with E-state index in [9.17, 15) is 9.59 Å². The molecule has 1 aromatic rings. The normalized spacial score (nSPS) is 15.8. The minimum atomic E-state index is -0.503. The maximum absolute atomic E-state index is 11.8. The number of likely N-dealkylation sites (N-methyl/N-ethyl adjacent to an activating group) is 1. The summed E-state index contributed by atoms with van der Waals surface area (Å²) in [6.07, 6.45) is 0. The summed E-state index contributed by atoms with van der Waals surface area (Å²) in [5.41, 5.74) is 1.31. The lowest BCUT2D eigenvalue weighted by atomic mass is 10.1. The molecule has 0 aromatic heterocycles. The lowest BCUT2D eigenvalue weighted by molar-refractivity contribution is -0.155. The van der Waals surface area contributed by atoms with Gasteiger partial charge in [-0.3, -0.25) is 9.59 Å². The number of carbonyl (C=O) groups excluding carboxylic acids is 2. The first-order valence-electron chi connectivity index (χ1n) is 5.66. The number of piperazine rings is 1. The molecular formula is C13H13N3O2. The Morgan fingerprint density at radius 1 is 1.22 bits per heavy atom. The number of rotatable bonds is 2. The van der Waals surface area contributed by atoms with Crippen LogP contribution in [-0.4, -0.2) is 41.8 Å². The Hall–Kier alpha value is -2.35. The molecule has 2 rings (SSSR count). The number of amides is 2. The van der Waals surface area contributed by atoms with Crippen LogP contribution < -0.4 is 0 Å². The van der Waals surface area contributed by atoms with E-state index in [4.69, 9.17) is 5.26 Å². The lowest BCUT2D eigenvalue weighted by Gasteiger charge is -2.31. The standard InChI is InChI=1S/C13H13N3O2/c1-15-6-7-16(13(18)12(15)17)9-11-5-3-2-4-10(11)8-14/h2-5H,6-7,9H2,1H3. The summed E-state index contributed by atoms with van der Waals surface area (Å²) in [6.45, 7) is 1.34. The summed E-state index contributed by atoms with van der Waals surface area (Å²) in [6, 6.07) is 9.19. The van der Waals surface area contributed by atoms with E-state index in [0.717, 1.165) is 5.56 Å². The van der Waals surface area contributed by atoms with Crippen LogP contribution in [0, 0.1) is 11.3 Å². The molecule has 0 atom stereocenters. The highest BCUT2D eigenvalue weighted by Gasteiger charge is 2.30. The number of nitriles is 1. The molecule has 18 heavy (non-hydrogen) atoms. The molecule has 0 spiro atoms. The summed E-state index contributed by atoms with van der Waals surface area (Å²) in [7, 11) is 1.61. The van der Waals surface area contributed by atoms with Gasteiger partial charge in [-0.25, -0.2) is 0 Å². The van der Waals surface area contributed by atoms with Crippen molar-refractivity contribution in [1.82, 2.24) is 9.80 Å². The molecule has 0 saturated carbocycles. The van der Waals surface area contributed by atoms with E-state index in [2.05, 4.69) is 6.07 Å². The average molecular weight is 243 g/mol. The maximum atomic E-state index is 11.8. The van der Waals surface area contributed by atoms with Crippen LogP contribution in [0.3, 0.4) is 0 Å². The third kappa shape index (κ3) is 2.18. The highest BCUT2D eigenvalue weighted by molar-refractivity contribution is 6.35. The molecule has 0 radical (unpaired) electrons. The van der Waals surface area contributed by atoms with Crippen LogP contribution in [0.25, 0.3) is 0 Å². The summed E-state index contributed by atoms with van der Waals surface area (Å²) in [5.74, 6) is -0.993. The van der Waals surface area contributed by atoms with Gasteiger partial charge in [-0.15, -0.1) is 0 Å². The van der Waals surface area contributed by atoms with Gasteiger partial charge in [0.25, 0.3) is 0 Å². The van der Waals surface area contributed by atoms with Gasteiger partial charge in [0.2, 0.25) is 0 Å². The van der Waals surface area contributed by atoms with E-state index in [1.807, 2.05) is 6.07 Å². The summed E-state index contributed by atoms with van der Waals surface area (Å²) in [5, 5.41) is 8.98. The van der Waals surface area contributed by atoms with Crippen LogP contribution in [-0.2, 0) is 16.1 Å². The van der Waals surface area contributed by atoms with Gasteiger partial charge >= 0.3 is 11.8 Å². The first kappa shape index (κ1) is 12.1. The van der Waals surface area contributed by atoms with E-state index < -0.39 is 11.8 Å². The lowest BCUT2D eigenvalue weighted by Crippen LogP contribution is -2.52. The predicted octanol–water partition coefficient (Wildman–Crippen LogP) is 0.359. The fourth-order valence-corrected chi connectivity index (χ4v) is 1.90. The minimum Gasteiger partial charge on any atom is -0.336 e. The second-order valence-electron chi connectivity index (χ2n) is 4.22. The SMILES string of the molecule is CN1CCN(Cc2ccccc2C#N)C(=O)C1=O. The van der Waals surface area contributed by atoms with Gasteiger partial charge in [0.15, 0.2) is 0 Å². The monoisotopic (exact) mass is 243 g/mol. The Labute approximate surface area is 105 Å². The van der Waals surface area contributed by atoms with Gasteiger partial charge in [0.1, 0.15) is 0 Å². The smallest absolute Gasteiger partial charge is 0.312 e. The third-order valence-electron chi connectivity index (χ3n) is 3.02. The molecule has 2 amide bonds. The van der Waals surface area contributed by atoms with Gasteiger partial charge in [0, 0.05) is 26.7 Å².